The number of carbonyl (C=O) groups excluding carboxylic acids is 1. The Hall–Kier alpha value is -0.610. The SMILES string of the molecule is CC1CNCCN(C2CCN(C)C2)C1=O. The van der Waals surface area contributed by atoms with Crippen molar-refractivity contribution in [1.29, 1.82) is 0 Å². The first-order valence-electron chi connectivity index (χ1n) is 5.88. The number of carbonyl (C=O) groups is 1. The number of rotatable bonds is 1. The standard InChI is InChI=1S/C11H21N3O/c1-9-7-12-4-6-14(11(9)15)10-3-5-13(2)8-10/h9-10,12H,3-8H2,1-2H3. The van der Waals surface area contributed by atoms with Gasteiger partial charge in [-0.05, 0) is 20.0 Å². The molecule has 4 nitrogen and oxygen atoms in total. The van der Waals surface area contributed by atoms with Crippen LogP contribution in [0.5, 0.6) is 0 Å². The molecule has 2 fully saturated rings. The largest absolute Gasteiger partial charge is 0.337 e. The molecule has 86 valence electrons. The summed E-state index contributed by atoms with van der Waals surface area (Å²) in [6, 6.07) is 0.449. The van der Waals surface area contributed by atoms with Gasteiger partial charge in [-0.25, -0.2) is 0 Å². The first-order chi connectivity index (χ1) is 7.18. The average Bonchev–Trinajstić information content (AvgIpc) is 2.56. The molecule has 0 aromatic rings. The molecule has 0 aromatic carbocycles. The van der Waals surface area contributed by atoms with E-state index in [2.05, 4.69) is 22.2 Å². The second-order valence-electron chi connectivity index (χ2n) is 4.84. The topological polar surface area (TPSA) is 35.6 Å². The Morgan fingerprint density at radius 2 is 2.20 bits per heavy atom. The van der Waals surface area contributed by atoms with Gasteiger partial charge in [-0.3, -0.25) is 4.79 Å². The van der Waals surface area contributed by atoms with Gasteiger partial charge < -0.3 is 15.1 Å². The highest BCUT2D eigenvalue weighted by atomic mass is 16.2. The molecule has 0 aliphatic carbocycles. The summed E-state index contributed by atoms with van der Waals surface area (Å²) in [5, 5.41) is 3.32. The van der Waals surface area contributed by atoms with Crippen molar-refractivity contribution >= 4 is 5.91 Å². The van der Waals surface area contributed by atoms with Gasteiger partial charge >= 0.3 is 0 Å². The lowest BCUT2D eigenvalue weighted by Crippen LogP contribution is -2.44. The van der Waals surface area contributed by atoms with Gasteiger partial charge in [0.2, 0.25) is 5.91 Å². The summed E-state index contributed by atoms with van der Waals surface area (Å²) >= 11 is 0. The van der Waals surface area contributed by atoms with Crippen LogP contribution in [0.15, 0.2) is 0 Å². The maximum atomic E-state index is 12.1. The molecule has 0 bridgehead atoms. The third-order valence-electron chi connectivity index (χ3n) is 3.49. The first kappa shape index (κ1) is 10.9. The number of hydrogen-bond donors (Lipinski definition) is 1. The van der Waals surface area contributed by atoms with Crippen LogP contribution in [0.3, 0.4) is 0 Å². The molecule has 2 heterocycles. The van der Waals surface area contributed by atoms with E-state index >= 15 is 0 Å². The summed E-state index contributed by atoms with van der Waals surface area (Å²) in [6.07, 6.45) is 1.13. The van der Waals surface area contributed by atoms with E-state index in [9.17, 15) is 4.79 Å². The predicted octanol–water partition coefficient (Wildman–Crippen LogP) is -0.242. The van der Waals surface area contributed by atoms with Crippen molar-refractivity contribution in [2.75, 3.05) is 39.8 Å². The molecular formula is C11H21N3O. The van der Waals surface area contributed by atoms with Crippen LogP contribution in [0.1, 0.15) is 13.3 Å². The average molecular weight is 211 g/mol. The van der Waals surface area contributed by atoms with Crippen LogP contribution < -0.4 is 5.32 Å². The maximum absolute atomic E-state index is 12.1. The molecule has 0 spiro atoms. The predicted molar refractivity (Wildman–Crippen MR) is 59.6 cm³/mol. The summed E-state index contributed by atoms with van der Waals surface area (Å²) in [7, 11) is 2.13. The highest BCUT2D eigenvalue weighted by Gasteiger charge is 2.32. The molecule has 2 aliphatic rings. The summed E-state index contributed by atoms with van der Waals surface area (Å²) < 4.78 is 0. The van der Waals surface area contributed by atoms with Crippen molar-refractivity contribution in [2.45, 2.75) is 19.4 Å². The van der Waals surface area contributed by atoms with Crippen LogP contribution in [0.4, 0.5) is 0 Å². The lowest BCUT2D eigenvalue weighted by Gasteiger charge is -2.28. The lowest BCUT2D eigenvalue weighted by molar-refractivity contribution is -0.135. The molecule has 2 rings (SSSR count). The van der Waals surface area contributed by atoms with Crippen LogP contribution in [0.2, 0.25) is 0 Å². The van der Waals surface area contributed by atoms with E-state index in [1.807, 2.05) is 6.92 Å². The second kappa shape index (κ2) is 4.49. The fraction of sp³-hybridized carbons (Fsp3) is 0.909. The van der Waals surface area contributed by atoms with E-state index in [4.69, 9.17) is 0 Å². The van der Waals surface area contributed by atoms with Crippen molar-refractivity contribution in [1.82, 2.24) is 15.1 Å². The van der Waals surface area contributed by atoms with E-state index in [0.717, 1.165) is 39.1 Å². The van der Waals surface area contributed by atoms with Crippen molar-refractivity contribution in [3.8, 4) is 0 Å². The number of likely N-dealkylation sites (N-methyl/N-ethyl adjacent to an activating group) is 1. The molecule has 1 amide bonds. The van der Waals surface area contributed by atoms with Gasteiger partial charge in [-0.15, -0.1) is 0 Å². The maximum Gasteiger partial charge on any atom is 0.227 e. The second-order valence-corrected chi connectivity index (χ2v) is 4.84. The molecule has 0 saturated carbocycles. The summed E-state index contributed by atoms with van der Waals surface area (Å²) in [6.45, 7) is 6.83. The zero-order chi connectivity index (χ0) is 10.8. The van der Waals surface area contributed by atoms with Crippen LogP contribution >= 0.6 is 0 Å². The third-order valence-corrected chi connectivity index (χ3v) is 3.49. The van der Waals surface area contributed by atoms with Gasteiger partial charge in [0, 0.05) is 38.1 Å². The molecule has 2 aliphatic heterocycles. The van der Waals surface area contributed by atoms with Crippen molar-refractivity contribution in [3.05, 3.63) is 0 Å². The van der Waals surface area contributed by atoms with Gasteiger partial charge in [0.15, 0.2) is 0 Å². The molecule has 4 heteroatoms. The van der Waals surface area contributed by atoms with Gasteiger partial charge in [0.05, 0.1) is 0 Å². The number of hydrogen-bond acceptors (Lipinski definition) is 3. The first-order valence-corrected chi connectivity index (χ1v) is 5.88. The molecular weight excluding hydrogens is 190 g/mol. The molecule has 1 N–H and O–H groups in total. The molecule has 0 aromatic heterocycles. The van der Waals surface area contributed by atoms with Crippen molar-refractivity contribution in [2.24, 2.45) is 5.92 Å². The third kappa shape index (κ3) is 2.32. The molecule has 0 radical (unpaired) electrons. The Morgan fingerprint density at radius 3 is 2.87 bits per heavy atom. The summed E-state index contributed by atoms with van der Waals surface area (Å²) in [4.78, 5) is 16.5. The Morgan fingerprint density at radius 1 is 1.40 bits per heavy atom. The molecule has 2 unspecified atom stereocenters. The Labute approximate surface area is 91.6 Å². The Balaban J connectivity index is 2.02. The van der Waals surface area contributed by atoms with Crippen LogP contribution in [-0.2, 0) is 4.79 Å². The molecule has 15 heavy (non-hydrogen) atoms. The van der Waals surface area contributed by atoms with Gasteiger partial charge in [-0.2, -0.15) is 0 Å². The number of nitrogens with one attached hydrogen (secondary N) is 1. The van der Waals surface area contributed by atoms with Crippen LogP contribution in [-0.4, -0.2) is 61.5 Å². The molecule has 2 saturated heterocycles. The number of amides is 1. The van der Waals surface area contributed by atoms with Gasteiger partial charge in [0.25, 0.3) is 0 Å². The summed E-state index contributed by atoms with van der Waals surface area (Å²) in [5.41, 5.74) is 0. The highest BCUT2D eigenvalue weighted by Crippen LogP contribution is 2.17. The molecule has 2 atom stereocenters. The van der Waals surface area contributed by atoms with E-state index in [1.165, 1.54) is 0 Å². The minimum absolute atomic E-state index is 0.137. The lowest BCUT2D eigenvalue weighted by atomic mass is 10.1. The van der Waals surface area contributed by atoms with Gasteiger partial charge in [-0.1, -0.05) is 6.92 Å². The smallest absolute Gasteiger partial charge is 0.227 e. The summed E-state index contributed by atoms with van der Waals surface area (Å²) in [5.74, 6) is 0.471. The van der Waals surface area contributed by atoms with Crippen LogP contribution in [0, 0.1) is 5.92 Å². The quantitative estimate of drug-likeness (QED) is 0.650. The van der Waals surface area contributed by atoms with E-state index in [-0.39, 0.29) is 5.92 Å². The van der Waals surface area contributed by atoms with E-state index in [0.29, 0.717) is 11.9 Å². The van der Waals surface area contributed by atoms with Crippen LogP contribution in [0.25, 0.3) is 0 Å². The zero-order valence-corrected chi connectivity index (χ0v) is 9.70. The Bertz CT molecular complexity index is 244. The zero-order valence-electron chi connectivity index (χ0n) is 9.70. The highest BCUT2D eigenvalue weighted by molar-refractivity contribution is 5.79. The van der Waals surface area contributed by atoms with E-state index < -0.39 is 0 Å². The fourth-order valence-corrected chi connectivity index (χ4v) is 2.53. The Kier molecular flexibility index (Phi) is 3.26. The van der Waals surface area contributed by atoms with Crippen molar-refractivity contribution in [3.63, 3.8) is 0 Å². The van der Waals surface area contributed by atoms with Gasteiger partial charge in [0.1, 0.15) is 0 Å². The minimum atomic E-state index is 0.137. The monoisotopic (exact) mass is 211 g/mol. The van der Waals surface area contributed by atoms with E-state index in [1.54, 1.807) is 0 Å². The fourth-order valence-electron chi connectivity index (χ4n) is 2.53. The number of nitrogens with zero attached hydrogens (tertiary/aromatic N) is 2. The number of likely N-dealkylation sites (tertiary alicyclic amines) is 1. The normalized spacial score (nSPS) is 34.5. The van der Waals surface area contributed by atoms with Crippen molar-refractivity contribution < 1.29 is 4.79 Å². The minimum Gasteiger partial charge on any atom is -0.337 e.